The van der Waals surface area contributed by atoms with E-state index in [1.54, 1.807) is 44.9 Å². The second kappa shape index (κ2) is 4.25. The Bertz CT molecular complexity index is 359. The Hall–Kier alpha value is 0. The summed E-state index contributed by atoms with van der Waals surface area (Å²) in [6, 6.07) is 0. The summed E-state index contributed by atoms with van der Waals surface area (Å²) in [5, 5.41) is 0. The summed E-state index contributed by atoms with van der Waals surface area (Å²) >= 11 is 0. The third kappa shape index (κ3) is 1.70. The van der Waals surface area contributed by atoms with Crippen LogP contribution in [0.4, 0.5) is 0 Å². The maximum atomic E-state index is 2.67. The van der Waals surface area contributed by atoms with Gasteiger partial charge < -0.3 is 0 Å². The summed E-state index contributed by atoms with van der Waals surface area (Å²) in [5.74, 6) is 7.48. The highest BCUT2D eigenvalue weighted by atomic mass is 14.6. The van der Waals surface area contributed by atoms with Gasteiger partial charge in [-0.1, -0.05) is 40.0 Å². The van der Waals surface area contributed by atoms with E-state index in [9.17, 15) is 0 Å². The molecule has 0 heteroatoms. The van der Waals surface area contributed by atoms with Crippen molar-refractivity contribution in [2.45, 2.75) is 72.1 Å². The first-order chi connectivity index (χ1) is 9.09. The largest absolute Gasteiger partial charge is 0.0620 e. The molecule has 4 rings (SSSR count). The molecule has 19 heavy (non-hydrogen) atoms. The minimum absolute atomic E-state index is 0.709. The van der Waals surface area contributed by atoms with Crippen molar-refractivity contribution < 1.29 is 0 Å². The van der Waals surface area contributed by atoms with Crippen LogP contribution in [0.5, 0.6) is 0 Å². The predicted octanol–water partition coefficient (Wildman–Crippen LogP) is 5.52. The molecule has 8 unspecified atom stereocenters. The van der Waals surface area contributed by atoms with Gasteiger partial charge in [0.25, 0.3) is 0 Å². The Morgan fingerprint density at radius 2 is 1.89 bits per heavy atom. The fourth-order valence-corrected chi connectivity index (χ4v) is 7.29. The Balaban J connectivity index is 1.53. The van der Waals surface area contributed by atoms with Gasteiger partial charge in [0.2, 0.25) is 0 Å². The molecular weight excluding hydrogens is 228 g/mol. The van der Waals surface area contributed by atoms with Crippen LogP contribution >= 0.6 is 0 Å². The number of hydrogen-bond donors (Lipinski definition) is 0. The van der Waals surface area contributed by atoms with Crippen molar-refractivity contribution in [1.82, 2.24) is 0 Å². The van der Waals surface area contributed by atoms with Crippen LogP contribution < -0.4 is 0 Å². The zero-order valence-corrected chi connectivity index (χ0v) is 13.2. The summed E-state index contributed by atoms with van der Waals surface area (Å²) in [4.78, 5) is 0. The lowest BCUT2D eigenvalue weighted by atomic mass is 9.61. The van der Waals surface area contributed by atoms with Gasteiger partial charge in [-0.25, -0.2) is 0 Å². The lowest BCUT2D eigenvalue weighted by Gasteiger charge is -2.44. The lowest BCUT2D eigenvalue weighted by molar-refractivity contribution is 0.0480. The van der Waals surface area contributed by atoms with Crippen molar-refractivity contribution in [3.8, 4) is 0 Å². The summed E-state index contributed by atoms with van der Waals surface area (Å²) in [6.45, 7) is 7.92. The molecule has 4 saturated carbocycles. The van der Waals surface area contributed by atoms with Gasteiger partial charge in [-0.05, 0) is 78.9 Å². The van der Waals surface area contributed by atoms with Crippen LogP contribution in [-0.4, -0.2) is 0 Å². The Morgan fingerprint density at radius 3 is 2.53 bits per heavy atom. The van der Waals surface area contributed by atoms with Crippen molar-refractivity contribution >= 4 is 0 Å². The molecule has 4 aliphatic carbocycles. The Labute approximate surface area is 119 Å². The van der Waals surface area contributed by atoms with Crippen LogP contribution in [0.1, 0.15) is 72.1 Å². The van der Waals surface area contributed by atoms with Crippen LogP contribution in [0.3, 0.4) is 0 Å². The van der Waals surface area contributed by atoms with Gasteiger partial charge in [-0.15, -0.1) is 0 Å². The summed E-state index contributed by atoms with van der Waals surface area (Å²) in [6.07, 6.45) is 12.5. The van der Waals surface area contributed by atoms with Crippen molar-refractivity contribution in [3.05, 3.63) is 0 Å². The Morgan fingerprint density at radius 1 is 1.05 bits per heavy atom. The van der Waals surface area contributed by atoms with Gasteiger partial charge in [0.1, 0.15) is 0 Å². The van der Waals surface area contributed by atoms with Crippen LogP contribution in [-0.2, 0) is 0 Å². The second-order valence-electron chi connectivity index (χ2n) is 8.99. The highest BCUT2D eigenvalue weighted by Crippen LogP contribution is 2.63. The molecule has 0 radical (unpaired) electrons. The second-order valence-corrected chi connectivity index (χ2v) is 8.99. The monoisotopic (exact) mass is 260 g/mol. The molecule has 8 atom stereocenters. The number of hydrogen-bond acceptors (Lipinski definition) is 0. The molecule has 4 fully saturated rings. The smallest absolute Gasteiger partial charge is 0.0266 e. The average Bonchev–Trinajstić information content (AvgIpc) is 3.10. The van der Waals surface area contributed by atoms with Gasteiger partial charge in [-0.2, -0.15) is 0 Å². The van der Waals surface area contributed by atoms with Gasteiger partial charge in [0.05, 0.1) is 0 Å². The zero-order chi connectivity index (χ0) is 13.2. The SMILES string of the molecule is CC1C2CCCC2CC1C(C)C1(C)CC2CCC1C2. The fourth-order valence-electron chi connectivity index (χ4n) is 7.29. The molecule has 108 valence electrons. The molecule has 0 saturated heterocycles. The molecular formula is C19H32. The minimum Gasteiger partial charge on any atom is -0.0620 e. The highest BCUT2D eigenvalue weighted by molar-refractivity contribution is 5.04. The molecule has 0 aromatic carbocycles. The van der Waals surface area contributed by atoms with E-state index < -0.39 is 0 Å². The van der Waals surface area contributed by atoms with Crippen LogP contribution in [0, 0.1) is 46.8 Å². The van der Waals surface area contributed by atoms with E-state index >= 15 is 0 Å². The first-order valence-electron chi connectivity index (χ1n) is 9.09. The third-order valence-electron chi connectivity index (χ3n) is 8.53. The average molecular weight is 260 g/mol. The zero-order valence-electron chi connectivity index (χ0n) is 13.2. The molecule has 0 heterocycles. The van der Waals surface area contributed by atoms with Crippen LogP contribution in [0.15, 0.2) is 0 Å². The first-order valence-corrected chi connectivity index (χ1v) is 9.09. The standard InChI is InChI=1S/C19H32/c1-12-17-6-4-5-15(17)10-18(12)13(2)19(3)11-14-7-8-16(19)9-14/h12-18H,4-11H2,1-3H3. The van der Waals surface area contributed by atoms with E-state index in [1.807, 2.05) is 0 Å². The Kier molecular flexibility index (Phi) is 2.84. The molecule has 0 aromatic heterocycles. The van der Waals surface area contributed by atoms with E-state index in [4.69, 9.17) is 0 Å². The van der Waals surface area contributed by atoms with Crippen LogP contribution in [0.25, 0.3) is 0 Å². The lowest BCUT2D eigenvalue weighted by Crippen LogP contribution is -2.37. The molecule has 0 nitrogen and oxygen atoms in total. The van der Waals surface area contributed by atoms with Crippen molar-refractivity contribution in [3.63, 3.8) is 0 Å². The summed E-state index contributed by atoms with van der Waals surface area (Å²) in [7, 11) is 0. The van der Waals surface area contributed by atoms with E-state index in [0.717, 1.165) is 41.4 Å². The van der Waals surface area contributed by atoms with Crippen LogP contribution in [0.2, 0.25) is 0 Å². The predicted molar refractivity (Wildman–Crippen MR) is 80.8 cm³/mol. The topological polar surface area (TPSA) is 0 Å². The van der Waals surface area contributed by atoms with Gasteiger partial charge in [-0.3, -0.25) is 0 Å². The quantitative estimate of drug-likeness (QED) is 0.613. The molecule has 0 spiro atoms. The summed E-state index contributed by atoms with van der Waals surface area (Å²) < 4.78 is 0. The fraction of sp³-hybridized carbons (Fsp3) is 1.00. The van der Waals surface area contributed by atoms with E-state index in [-0.39, 0.29) is 0 Å². The first kappa shape index (κ1) is 12.7. The van der Waals surface area contributed by atoms with E-state index in [1.165, 1.54) is 6.42 Å². The third-order valence-corrected chi connectivity index (χ3v) is 8.53. The van der Waals surface area contributed by atoms with Crippen molar-refractivity contribution in [1.29, 1.82) is 0 Å². The maximum Gasteiger partial charge on any atom is -0.0266 e. The van der Waals surface area contributed by atoms with Gasteiger partial charge in [0, 0.05) is 0 Å². The molecule has 0 amide bonds. The number of fused-ring (bicyclic) bond motifs is 3. The van der Waals surface area contributed by atoms with Crippen molar-refractivity contribution in [2.75, 3.05) is 0 Å². The molecule has 0 N–H and O–H groups in total. The summed E-state index contributed by atoms with van der Waals surface area (Å²) in [5.41, 5.74) is 0.709. The molecule has 4 aliphatic rings. The van der Waals surface area contributed by atoms with E-state index in [2.05, 4.69) is 20.8 Å². The molecule has 0 aromatic rings. The number of rotatable bonds is 2. The minimum atomic E-state index is 0.709. The van der Waals surface area contributed by atoms with Crippen molar-refractivity contribution in [2.24, 2.45) is 46.8 Å². The normalized spacial score (nSPS) is 57.6. The van der Waals surface area contributed by atoms with Gasteiger partial charge >= 0.3 is 0 Å². The highest BCUT2D eigenvalue weighted by Gasteiger charge is 2.55. The van der Waals surface area contributed by atoms with E-state index in [0.29, 0.717) is 5.41 Å². The van der Waals surface area contributed by atoms with Gasteiger partial charge in [0.15, 0.2) is 0 Å². The molecule has 2 bridgehead atoms. The maximum absolute atomic E-state index is 2.67. The molecule has 0 aliphatic heterocycles.